The Morgan fingerprint density at radius 1 is 1.25 bits per heavy atom. The number of carbonyl (C=O) groups is 2. The molecule has 164 valence electrons. The van der Waals surface area contributed by atoms with Crippen LogP contribution in [0, 0.1) is 0 Å². The second-order valence-corrected chi connectivity index (χ2v) is 7.59. The van der Waals surface area contributed by atoms with Crippen molar-refractivity contribution in [1.29, 1.82) is 0 Å². The molecule has 1 N–H and O–H groups in total. The Hall–Kier alpha value is -3.73. The minimum absolute atomic E-state index is 0.0890. The summed E-state index contributed by atoms with van der Waals surface area (Å²) in [7, 11) is 0. The van der Waals surface area contributed by atoms with E-state index in [2.05, 4.69) is 20.3 Å². The number of pyridine rings is 2. The molecule has 4 rings (SSSR count). The number of fused-ring (bicyclic) bond motifs is 1. The van der Waals surface area contributed by atoms with Gasteiger partial charge in [-0.2, -0.15) is 4.98 Å². The molecule has 1 aliphatic rings. The number of aldehydes is 1. The summed E-state index contributed by atoms with van der Waals surface area (Å²) in [6, 6.07) is 3.37. The topological polar surface area (TPSA) is 113 Å². The van der Waals surface area contributed by atoms with Gasteiger partial charge in [-0.15, -0.1) is 0 Å². The van der Waals surface area contributed by atoms with Crippen LogP contribution in [0.5, 0.6) is 0 Å². The van der Waals surface area contributed by atoms with E-state index in [-0.39, 0.29) is 16.9 Å². The van der Waals surface area contributed by atoms with Gasteiger partial charge in [-0.25, -0.2) is 4.98 Å². The monoisotopic (exact) mass is 451 g/mol. The van der Waals surface area contributed by atoms with Crippen LogP contribution in [0.25, 0.3) is 11.0 Å². The number of thiocarbonyl (C=S) groups is 1. The molecule has 0 spiro atoms. The standard InChI is InChI=1S/C21H21N7O3S/c1-2-26-12-15(13-29)17(30)16-11-23-20(24-18(16)26)27-6-8-28(9-7-27)21(32)25-19(31)14-4-3-5-22-10-14/h3-5,10-13H,2,6-9H2,1H3,(H,25,31,32). The third kappa shape index (κ3) is 4.19. The highest BCUT2D eigenvalue weighted by Gasteiger charge is 2.23. The number of hydrogen-bond donors (Lipinski definition) is 1. The Balaban J connectivity index is 1.46. The number of carbonyl (C=O) groups excluding carboxylic acids is 2. The van der Waals surface area contributed by atoms with Gasteiger partial charge in [0, 0.05) is 57.5 Å². The van der Waals surface area contributed by atoms with Crippen LogP contribution < -0.4 is 15.6 Å². The molecular weight excluding hydrogens is 430 g/mol. The zero-order valence-electron chi connectivity index (χ0n) is 17.4. The normalized spacial score (nSPS) is 13.8. The van der Waals surface area contributed by atoms with Crippen molar-refractivity contribution >= 4 is 46.5 Å². The van der Waals surface area contributed by atoms with Crippen molar-refractivity contribution < 1.29 is 9.59 Å². The summed E-state index contributed by atoms with van der Waals surface area (Å²) in [5.41, 5.74) is 0.657. The van der Waals surface area contributed by atoms with Crippen molar-refractivity contribution in [2.24, 2.45) is 0 Å². The van der Waals surface area contributed by atoms with Crippen LogP contribution in [-0.4, -0.2) is 67.9 Å². The van der Waals surface area contributed by atoms with Crippen molar-refractivity contribution in [2.75, 3.05) is 31.1 Å². The summed E-state index contributed by atoms with van der Waals surface area (Å²) in [6.45, 7) is 4.83. The smallest absolute Gasteiger partial charge is 0.258 e. The second-order valence-electron chi connectivity index (χ2n) is 7.20. The van der Waals surface area contributed by atoms with Crippen LogP contribution in [0.1, 0.15) is 27.6 Å². The number of nitrogens with zero attached hydrogens (tertiary/aromatic N) is 6. The van der Waals surface area contributed by atoms with Gasteiger partial charge in [0.1, 0.15) is 5.65 Å². The Morgan fingerprint density at radius 2 is 2.03 bits per heavy atom. The molecule has 0 radical (unpaired) electrons. The molecule has 1 fully saturated rings. The minimum atomic E-state index is -0.370. The lowest BCUT2D eigenvalue weighted by atomic mass is 10.2. The van der Waals surface area contributed by atoms with Crippen LogP contribution in [0.4, 0.5) is 5.95 Å². The van der Waals surface area contributed by atoms with Gasteiger partial charge in [-0.1, -0.05) is 0 Å². The summed E-state index contributed by atoms with van der Waals surface area (Å²) < 4.78 is 1.77. The number of aromatic nitrogens is 4. The third-order valence-electron chi connectivity index (χ3n) is 5.29. The molecule has 11 heteroatoms. The van der Waals surface area contributed by atoms with E-state index in [1.807, 2.05) is 16.7 Å². The molecule has 0 unspecified atom stereocenters. The fraction of sp³-hybridized carbons (Fsp3) is 0.286. The Morgan fingerprint density at radius 3 is 2.69 bits per heavy atom. The summed E-state index contributed by atoms with van der Waals surface area (Å²) in [4.78, 5) is 52.7. The quantitative estimate of drug-likeness (QED) is 0.456. The fourth-order valence-electron chi connectivity index (χ4n) is 3.52. The zero-order chi connectivity index (χ0) is 22.7. The number of rotatable bonds is 4. The molecule has 1 amide bonds. The zero-order valence-corrected chi connectivity index (χ0v) is 18.2. The van der Waals surface area contributed by atoms with Gasteiger partial charge >= 0.3 is 0 Å². The first-order chi connectivity index (χ1) is 15.5. The van der Waals surface area contributed by atoms with E-state index in [9.17, 15) is 14.4 Å². The van der Waals surface area contributed by atoms with Crippen LogP contribution in [0.2, 0.25) is 0 Å². The Kier molecular flexibility index (Phi) is 6.17. The van der Waals surface area contributed by atoms with E-state index in [0.29, 0.717) is 66.7 Å². The number of piperazine rings is 1. The number of amides is 1. The first kappa shape index (κ1) is 21.5. The van der Waals surface area contributed by atoms with E-state index in [1.165, 1.54) is 18.6 Å². The second kappa shape index (κ2) is 9.18. The highest BCUT2D eigenvalue weighted by atomic mass is 32.1. The van der Waals surface area contributed by atoms with Gasteiger partial charge in [-0.05, 0) is 31.3 Å². The van der Waals surface area contributed by atoms with Crippen LogP contribution >= 0.6 is 12.2 Å². The van der Waals surface area contributed by atoms with Crippen LogP contribution in [0.15, 0.2) is 41.7 Å². The largest absolute Gasteiger partial charge is 0.345 e. The van der Waals surface area contributed by atoms with Crippen molar-refractivity contribution in [3.05, 3.63) is 58.3 Å². The number of aryl methyl sites for hydroxylation is 1. The molecule has 32 heavy (non-hydrogen) atoms. The van der Waals surface area contributed by atoms with E-state index in [0.717, 1.165) is 0 Å². The van der Waals surface area contributed by atoms with Crippen LogP contribution in [0.3, 0.4) is 0 Å². The summed E-state index contributed by atoms with van der Waals surface area (Å²) in [5, 5.41) is 3.42. The van der Waals surface area contributed by atoms with Gasteiger partial charge in [-0.3, -0.25) is 24.7 Å². The molecule has 0 saturated carbocycles. The summed E-state index contributed by atoms with van der Waals surface area (Å²) >= 11 is 5.40. The first-order valence-corrected chi connectivity index (χ1v) is 10.5. The number of nitrogens with one attached hydrogen (secondary N) is 1. The van der Waals surface area contributed by atoms with Gasteiger partial charge < -0.3 is 14.4 Å². The average molecular weight is 452 g/mol. The third-order valence-corrected chi connectivity index (χ3v) is 5.65. The lowest BCUT2D eigenvalue weighted by Gasteiger charge is -2.36. The molecule has 3 aromatic heterocycles. The van der Waals surface area contributed by atoms with E-state index in [1.54, 1.807) is 22.9 Å². The van der Waals surface area contributed by atoms with E-state index >= 15 is 0 Å². The average Bonchev–Trinajstić information content (AvgIpc) is 2.84. The Bertz CT molecular complexity index is 1240. The molecule has 1 aliphatic heterocycles. The van der Waals surface area contributed by atoms with Crippen molar-refractivity contribution in [2.45, 2.75) is 13.5 Å². The van der Waals surface area contributed by atoms with Crippen molar-refractivity contribution in [3.63, 3.8) is 0 Å². The predicted molar refractivity (Wildman–Crippen MR) is 123 cm³/mol. The molecule has 3 aromatic rings. The molecular formula is C21H21N7O3S. The van der Waals surface area contributed by atoms with Crippen LogP contribution in [-0.2, 0) is 6.54 Å². The predicted octanol–water partition coefficient (Wildman–Crippen LogP) is 0.856. The fourth-order valence-corrected chi connectivity index (χ4v) is 3.79. The molecule has 0 bridgehead atoms. The summed E-state index contributed by atoms with van der Waals surface area (Å²) in [5.74, 6) is 0.207. The maximum atomic E-state index is 12.4. The summed E-state index contributed by atoms with van der Waals surface area (Å²) in [6.07, 6.45) is 6.64. The molecule has 4 heterocycles. The van der Waals surface area contributed by atoms with Gasteiger partial charge in [0.15, 0.2) is 11.4 Å². The van der Waals surface area contributed by atoms with Crippen molar-refractivity contribution in [3.8, 4) is 0 Å². The maximum absolute atomic E-state index is 12.4. The number of hydrogen-bond acceptors (Lipinski definition) is 8. The maximum Gasteiger partial charge on any atom is 0.258 e. The Labute approximate surface area is 188 Å². The van der Waals surface area contributed by atoms with Gasteiger partial charge in [0.25, 0.3) is 5.91 Å². The lowest BCUT2D eigenvalue weighted by Crippen LogP contribution is -2.53. The molecule has 1 saturated heterocycles. The lowest BCUT2D eigenvalue weighted by molar-refractivity contribution is 0.0972. The molecule has 0 atom stereocenters. The first-order valence-electron chi connectivity index (χ1n) is 10.1. The van der Waals surface area contributed by atoms with Crippen molar-refractivity contribution in [1.82, 2.24) is 29.7 Å². The SMILES string of the molecule is CCn1cc(C=O)c(=O)c2cnc(N3CCN(C(=S)NC(=O)c4cccnc4)CC3)nc21. The molecule has 0 aliphatic carbocycles. The molecule has 0 aromatic carbocycles. The number of anilines is 1. The minimum Gasteiger partial charge on any atom is -0.345 e. The molecule has 10 nitrogen and oxygen atoms in total. The van der Waals surface area contributed by atoms with E-state index in [4.69, 9.17) is 12.2 Å². The van der Waals surface area contributed by atoms with Gasteiger partial charge in [0.2, 0.25) is 11.4 Å². The highest BCUT2D eigenvalue weighted by Crippen LogP contribution is 2.16. The van der Waals surface area contributed by atoms with Gasteiger partial charge in [0.05, 0.1) is 16.5 Å². The van der Waals surface area contributed by atoms with E-state index < -0.39 is 0 Å². The highest BCUT2D eigenvalue weighted by molar-refractivity contribution is 7.80.